The van der Waals surface area contributed by atoms with Gasteiger partial charge in [0.25, 0.3) is 5.91 Å². The van der Waals surface area contributed by atoms with E-state index in [4.69, 9.17) is 0 Å². The minimum atomic E-state index is -0.171. The molecule has 2 aromatic carbocycles. The molecule has 2 rings (SSSR count). The number of carbonyl (C=O) groups is 2. The minimum Gasteiger partial charge on any atom is -0.469 e. The van der Waals surface area contributed by atoms with Gasteiger partial charge in [-0.2, -0.15) is 10.2 Å². The number of benzene rings is 2. The molecule has 0 bridgehead atoms. The highest BCUT2D eigenvalue weighted by Gasteiger charge is 2.05. The van der Waals surface area contributed by atoms with Crippen LogP contribution in [0.15, 0.2) is 64.8 Å². The molecule has 1 N–H and O–H groups in total. The molecule has 0 saturated heterocycles. The highest BCUT2D eigenvalue weighted by molar-refractivity contribution is 5.94. The zero-order chi connectivity index (χ0) is 19.3. The topological polar surface area (TPSA) is 80.1 Å². The smallest absolute Gasteiger partial charge is 0.305 e. The number of nitrogens with one attached hydrogen (secondary N) is 1. The monoisotopic (exact) mass is 367 g/mol. The summed E-state index contributed by atoms with van der Waals surface area (Å²) < 4.78 is 4.60. The Hall–Kier alpha value is -3.02. The number of hydrogen-bond donors (Lipinski definition) is 1. The maximum atomic E-state index is 12.1. The lowest BCUT2D eigenvalue weighted by Gasteiger charge is -2.05. The van der Waals surface area contributed by atoms with E-state index in [1.807, 2.05) is 30.3 Å². The molecule has 0 radical (unpaired) electrons. The largest absolute Gasteiger partial charge is 0.469 e. The molecular weight excluding hydrogens is 342 g/mol. The van der Waals surface area contributed by atoms with Crippen LogP contribution in [0.4, 0.5) is 11.4 Å². The van der Waals surface area contributed by atoms with Crippen molar-refractivity contribution in [3.05, 3.63) is 60.2 Å². The molecule has 0 atom stereocenters. The highest BCUT2D eigenvalue weighted by Crippen LogP contribution is 2.18. The van der Waals surface area contributed by atoms with Crippen LogP contribution >= 0.6 is 0 Å². The third-order valence-electron chi connectivity index (χ3n) is 3.99. The Morgan fingerprint density at radius 1 is 0.852 bits per heavy atom. The van der Waals surface area contributed by atoms with Crippen molar-refractivity contribution in [3.63, 3.8) is 0 Å². The molecule has 6 heteroatoms. The molecule has 6 nitrogen and oxygen atoms in total. The summed E-state index contributed by atoms with van der Waals surface area (Å²) in [4.78, 5) is 23.1. The van der Waals surface area contributed by atoms with Crippen molar-refractivity contribution >= 4 is 23.3 Å². The second-order valence-electron chi connectivity index (χ2n) is 6.08. The number of nitrogens with zero attached hydrogens (tertiary/aromatic N) is 2. The summed E-state index contributed by atoms with van der Waals surface area (Å²) in [5.41, 5.74) is 2.08. The lowest BCUT2D eigenvalue weighted by molar-refractivity contribution is -0.140. The summed E-state index contributed by atoms with van der Waals surface area (Å²) in [7, 11) is 1.40. The van der Waals surface area contributed by atoms with Gasteiger partial charge in [-0.15, -0.1) is 0 Å². The molecule has 0 spiro atoms. The van der Waals surface area contributed by atoms with Crippen molar-refractivity contribution in [1.82, 2.24) is 5.32 Å². The molecule has 0 aromatic heterocycles. The Morgan fingerprint density at radius 2 is 1.48 bits per heavy atom. The predicted molar refractivity (Wildman–Crippen MR) is 104 cm³/mol. The number of methoxy groups -OCH3 is 1. The first-order chi connectivity index (χ1) is 13.2. The number of ether oxygens (including phenoxy) is 1. The maximum Gasteiger partial charge on any atom is 0.305 e. The van der Waals surface area contributed by atoms with Crippen molar-refractivity contribution in [1.29, 1.82) is 0 Å². The number of unbranched alkanes of at least 4 members (excludes halogenated alkanes) is 3. The molecule has 0 saturated carbocycles. The Bertz CT molecular complexity index is 743. The van der Waals surface area contributed by atoms with E-state index >= 15 is 0 Å². The molecule has 0 heterocycles. The summed E-state index contributed by atoms with van der Waals surface area (Å²) in [6, 6.07) is 16.5. The summed E-state index contributed by atoms with van der Waals surface area (Å²) in [5.74, 6) is -0.272. The van der Waals surface area contributed by atoms with Crippen LogP contribution < -0.4 is 5.32 Å². The summed E-state index contributed by atoms with van der Waals surface area (Å²) >= 11 is 0. The number of esters is 1. The first-order valence-electron chi connectivity index (χ1n) is 9.11. The zero-order valence-electron chi connectivity index (χ0n) is 15.6. The minimum absolute atomic E-state index is 0.101. The van der Waals surface area contributed by atoms with E-state index in [1.54, 1.807) is 24.3 Å². The van der Waals surface area contributed by atoms with E-state index in [1.165, 1.54) is 7.11 Å². The zero-order valence-corrected chi connectivity index (χ0v) is 15.6. The number of hydrogen-bond acceptors (Lipinski definition) is 5. The summed E-state index contributed by atoms with van der Waals surface area (Å²) in [5, 5.41) is 11.2. The van der Waals surface area contributed by atoms with Crippen molar-refractivity contribution in [3.8, 4) is 0 Å². The van der Waals surface area contributed by atoms with E-state index in [0.717, 1.165) is 31.4 Å². The molecule has 27 heavy (non-hydrogen) atoms. The van der Waals surface area contributed by atoms with Gasteiger partial charge in [-0.05, 0) is 49.2 Å². The van der Waals surface area contributed by atoms with Crippen LogP contribution in [0, 0.1) is 0 Å². The molecule has 0 fully saturated rings. The van der Waals surface area contributed by atoms with Gasteiger partial charge in [0.05, 0.1) is 18.5 Å². The Balaban J connectivity index is 1.68. The van der Waals surface area contributed by atoms with E-state index in [-0.39, 0.29) is 11.9 Å². The van der Waals surface area contributed by atoms with Gasteiger partial charge in [0.1, 0.15) is 0 Å². The average Bonchev–Trinajstić information content (AvgIpc) is 2.72. The van der Waals surface area contributed by atoms with Crippen LogP contribution in [0.5, 0.6) is 0 Å². The molecule has 2 aromatic rings. The van der Waals surface area contributed by atoms with Crippen LogP contribution in [-0.2, 0) is 9.53 Å². The van der Waals surface area contributed by atoms with Gasteiger partial charge in [-0.1, -0.05) is 31.0 Å². The lowest BCUT2D eigenvalue weighted by Crippen LogP contribution is -2.24. The van der Waals surface area contributed by atoms with E-state index in [0.29, 0.717) is 24.2 Å². The van der Waals surface area contributed by atoms with Crippen LogP contribution in [-0.4, -0.2) is 25.5 Å². The number of rotatable bonds is 10. The quantitative estimate of drug-likeness (QED) is 0.366. The van der Waals surface area contributed by atoms with E-state index in [9.17, 15) is 9.59 Å². The van der Waals surface area contributed by atoms with Crippen molar-refractivity contribution in [2.45, 2.75) is 32.1 Å². The number of amides is 1. The second-order valence-corrected chi connectivity index (χ2v) is 6.08. The molecule has 1 amide bonds. The van der Waals surface area contributed by atoms with Gasteiger partial charge in [0.2, 0.25) is 0 Å². The van der Waals surface area contributed by atoms with Gasteiger partial charge >= 0.3 is 5.97 Å². The first kappa shape index (κ1) is 20.3. The SMILES string of the molecule is COC(=O)CCCCCCNC(=O)c1ccc(/N=N/c2ccccc2)cc1. The predicted octanol–water partition coefficient (Wildman–Crippen LogP) is 4.96. The van der Waals surface area contributed by atoms with Crippen molar-refractivity contribution < 1.29 is 14.3 Å². The van der Waals surface area contributed by atoms with Gasteiger partial charge in [0, 0.05) is 18.5 Å². The van der Waals surface area contributed by atoms with Gasteiger partial charge in [-0.25, -0.2) is 0 Å². The molecule has 0 aliphatic heterocycles. The average molecular weight is 367 g/mol. The fourth-order valence-corrected chi connectivity index (χ4v) is 2.44. The fraction of sp³-hybridized carbons (Fsp3) is 0.333. The van der Waals surface area contributed by atoms with Crippen LogP contribution in [0.3, 0.4) is 0 Å². The van der Waals surface area contributed by atoms with E-state index in [2.05, 4.69) is 20.3 Å². The Labute approximate surface area is 159 Å². The van der Waals surface area contributed by atoms with Gasteiger partial charge < -0.3 is 10.1 Å². The summed E-state index contributed by atoms with van der Waals surface area (Å²) in [6.45, 7) is 0.618. The second kappa shape index (κ2) is 11.6. The highest BCUT2D eigenvalue weighted by atomic mass is 16.5. The molecular formula is C21H25N3O3. The Kier molecular flexibility index (Phi) is 8.69. The third kappa shape index (κ3) is 7.81. The van der Waals surface area contributed by atoms with Crippen LogP contribution in [0.2, 0.25) is 0 Å². The lowest BCUT2D eigenvalue weighted by atomic mass is 10.1. The number of azo groups is 1. The summed E-state index contributed by atoms with van der Waals surface area (Å²) in [6.07, 6.45) is 4.08. The van der Waals surface area contributed by atoms with Gasteiger partial charge in [-0.3, -0.25) is 9.59 Å². The van der Waals surface area contributed by atoms with E-state index < -0.39 is 0 Å². The molecule has 0 aliphatic rings. The standard InChI is InChI=1S/C21H25N3O3/c1-27-20(25)11-7-2-3-8-16-22-21(26)17-12-14-19(15-13-17)24-23-18-9-5-4-6-10-18/h4-6,9-10,12-15H,2-3,7-8,11,16H2,1H3,(H,22,26)/b24-23+. The molecule has 0 unspecified atom stereocenters. The van der Waals surface area contributed by atoms with Gasteiger partial charge in [0.15, 0.2) is 0 Å². The van der Waals surface area contributed by atoms with Crippen LogP contribution in [0.1, 0.15) is 42.5 Å². The Morgan fingerprint density at radius 3 is 2.15 bits per heavy atom. The van der Waals surface area contributed by atoms with Crippen molar-refractivity contribution in [2.75, 3.05) is 13.7 Å². The molecule has 0 aliphatic carbocycles. The first-order valence-corrected chi connectivity index (χ1v) is 9.11. The normalized spacial score (nSPS) is 10.7. The fourth-order valence-electron chi connectivity index (χ4n) is 2.44. The maximum absolute atomic E-state index is 12.1. The number of carbonyl (C=O) groups excluding carboxylic acids is 2. The van der Waals surface area contributed by atoms with Crippen LogP contribution in [0.25, 0.3) is 0 Å². The third-order valence-corrected chi connectivity index (χ3v) is 3.99. The molecule has 142 valence electrons. The van der Waals surface area contributed by atoms with Crippen molar-refractivity contribution in [2.24, 2.45) is 10.2 Å².